The first-order chi connectivity index (χ1) is 34.6. The van der Waals surface area contributed by atoms with E-state index >= 15 is 0 Å². The average Bonchev–Trinajstić information content (AvgIpc) is 4.14. The monoisotopic (exact) mass is 1050 g/mol. The quantitative estimate of drug-likeness (QED) is 0.118. The Balaban J connectivity index is 0.000000144. The molecule has 1 aliphatic heterocycles. The third kappa shape index (κ3) is 9.15. The number of ketones is 1. The number of rotatable bonds is 0. The molecular formula is C66H113O9+. The Bertz CT molecular complexity index is 2030. The zero-order valence-electron chi connectivity index (χ0n) is 48.2. The number of aliphatic hydroxyl groups is 5. The fraction of sp³-hybridized carbons (Fsp3) is 0.924. The van der Waals surface area contributed by atoms with Crippen molar-refractivity contribution in [2.75, 3.05) is 13.2 Å². The second kappa shape index (κ2) is 22.0. The average molecular weight is 1050 g/mol. The van der Waals surface area contributed by atoms with E-state index in [1.165, 1.54) is 82.6 Å². The smallest absolute Gasteiger partial charge is 0.176 e. The second-order valence-corrected chi connectivity index (χ2v) is 29.5. The number of ether oxygens (including phenoxy) is 2. The van der Waals surface area contributed by atoms with E-state index in [1.807, 2.05) is 13.8 Å². The van der Waals surface area contributed by atoms with Gasteiger partial charge in [0.05, 0.1) is 54.6 Å². The summed E-state index contributed by atoms with van der Waals surface area (Å²) < 4.78 is 12.4. The van der Waals surface area contributed by atoms with Gasteiger partial charge in [-0.1, -0.05) is 73.1 Å². The molecule has 0 radical (unpaired) electrons. The first-order valence-corrected chi connectivity index (χ1v) is 31.0. The number of Topliss-reactive ketones (excluding diaryl/α,β-unsaturated/α-hetero) is 1. The van der Waals surface area contributed by atoms with Crippen molar-refractivity contribution < 1.29 is 45.3 Å². The Morgan fingerprint density at radius 2 is 0.933 bits per heavy atom. The van der Waals surface area contributed by atoms with Crippen LogP contribution in [-0.4, -0.2) is 80.8 Å². The van der Waals surface area contributed by atoms with Gasteiger partial charge < -0.3 is 40.5 Å². The van der Waals surface area contributed by atoms with Crippen LogP contribution in [0.4, 0.5) is 0 Å². The van der Waals surface area contributed by atoms with Crippen molar-refractivity contribution in [1.29, 1.82) is 0 Å². The van der Waals surface area contributed by atoms with Gasteiger partial charge in [0.2, 0.25) is 0 Å². The van der Waals surface area contributed by atoms with Crippen molar-refractivity contribution in [1.82, 2.24) is 0 Å². The lowest BCUT2D eigenvalue weighted by Crippen LogP contribution is -2.62. The van der Waals surface area contributed by atoms with Crippen molar-refractivity contribution in [3.63, 3.8) is 0 Å². The minimum Gasteiger partial charge on any atom is -0.457 e. The van der Waals surface area contributed by atoms with E-state index in [2.05, 4.69) is 61.1 Å². The van der Waals surface area contributed by atoms with E-state index in [1.54, 1.807) is 6.08 Å². The van der Waals surface area contributed by atoms with Crippen LogP contribution in [0.25, 0.3) is 0 Å². The molecule has 1 heterocycles. The van der Waals surface area contributed by atoms with E-state index < -0.39 is 17.3 Å². The third-order valence-corrected chi connectivity index (χ3v) is 27.2. The molecule has 12 saturated carbocycles. The predicted octanol–water partition coefficient (Wildman–Crippen LogP) is 12.5. The first kappa shape index (κ1) is 59.9. The molecule has 0 amide bonds. The Kier molecular flexibility index (Phi) is 17.5. The van der Waals surface area contributed by atoms with Gasteiger partial charge in [0.25, 0.3) is 0 Å². The van der Waals surface area contributed by atoms with Gasteiger partial charge in [-0.25, -0.2) is 0 Å². The summed E-state index contributed by atoms with van der Waals surface area (Å²) in [7, 11) is 0. The summed E-state index contributed by atoms with van der Waals surface area (Å²) >= 11 is 0. The van der Waals surface area contributed by atoms with Gasteiger partial charge in [-0.3, -0.25) is 4.79 Å². The predicted molar refractivity (Wildman–Crippen MR) is 301 cm³/mol. The van der Waals surface area contributed by atoms with E-state index in [9.17, 15) is 30.3 Å². The molecule has 1 saturated heterocycles. The normalized spacial score (nSPS) is 53.9. The highest BCUT2D eigenvalue weighted by Crippen LogP contribution is 2.71. The molecule has 9 heteroatoms. The van der Waals surface area contributed by atoms with Crippen molar-refractivity contribution in [3.8, 4) is 0 Å². The van der Waals surface area contributed by atoms with Crippen LogP contribution in [0.15, 0.2) is 24.3 Å². The lowest BCUT2D eigenvalue weighted by atomic mass is 9.44. The fourth-order valence-electron chi connectivity index (χ4n) is 22.8. The standard InChI is InChI=1S/C22H36O3.C21H34O2.C19H30O3.C3H6.CH4.H2O/c1-14-6-8-20(2)15(12-14)4-5-16-17-7-9-22(24-10-11-25-22)21(17,3)19(23)13-18(16)20;1-4-13-6-8-17-16-7-5-14-11-15(22)9-10-20(14,2)18(16)12-19(23)21(13,17)3;1-18-8-7-12(20)9-11(18)3-4-13-14-5-6-16(21)19(14,2)17(22)10-15(13)18;1-3-2;;/h14-19,23H,4-13H2,1-3H3;4,14-19,22-23H,5-12H2,1-3H3;11-15,17,20,22H,3-10H2,1-2H3;3H,1H2,2H3;1H4;1H2/p+1/b;13-4+;;;;/t2*14-,15-,16?,17?,18?,19+,20+,21-;11-,12-,13?,14?,15?,17+,18+,19+;;;/m111.../s1. The largest absolute Gasteiger partial charge is 0.457 e. The molecule has 9 nitrogen and oxygen atoms in total. The van der Waals surface area contributed by atoms with Crippen molar-refractivity contribution in [2.24, 2.45) is 109 Å². The molecule has 8 N–H and O–H groups in total. The Labute approximate surface area is 456 Å². The lowest BCUT2D eigenvalue weighted by Gasteiger charge is -2.62. The molecule has 9 unspecified atom stereocenters. The summed E-state index contributed by atoms with van der Waals surface area (Å²) in [6.07, 6.45) is 29.9. The van der Waals surface area contributed by atoms with Crippen molar-refractivity contribution >= 4 is 5.78 Å². The van der Waals surface area contributed by atoms with Gasteiger partial charge >= 0.3 is 0 Å². The highest BCUT2D eigenvalue weighted by atomic mass is 16.7. The number of fused-ring (bicyclic) bond motifs is 16. The highest BCUT2D eigenvalue weighted by molar-refractivity contribution is 5.87. The van der Waals surface area contributed by atoms with Crippen LogP contribution < -0.4 is 0 Å². The Morgan fingerprint density at radius 3 is 1.44 bits per heavy atom. The maximum Gasteiger partial charge on any atom is 0.176 e. The number of hydrogen-bond donors (Lipinski definition) is 5. The van der Waals surface area contributed by atoms with Gasteiger partial charge in [-0.15, -0.1) is 6.58 Å². The molecule has 0 bridgehead atoms. The molecule has 75 heavy (non-hydrogen) atoms. The molecule has 13 rings (SSSR count). The van der Waals surface area contributed by atoms with Gasteiger partial charge in [-0.05, 0) is 249 Å². The molecule has 0 aromatic heterocycles. The molecule has 0 aromatic carbocycles. The summed E-state index contributed by atoms with van der Waals surface area (Å²) in [6, 6.07) is 0. The van der Waals surface area contributed by atoms with E-state index in [4.69, 9.17) is 9.47 Å². The molecule has 13 fully saturated rings. The minimum absolute atomic E-state index is 0. The molecule has 1 spiro atoms. The number of aliphatic hydroxyl groups excluding tert-OH is 5. The van der Waals surface area contributed by atoms with E-state index in [0.717, 1.165) is 94.3 Å². The summed E-state index contributed by atoms with van der Waals surface area (Å²) in [4.78, 5) is 12.4. The summed E-state index contributed by atoms with van der Waals surface area (Å²) in [6.45, 7) is 25.4. The maximum atomic E-state index is 12.4. The zero-order valence-corrected chi connectivity index (χ0v) is 48.2. The van der Waals surface area contributed by atoms with Crippen LogP contribution in [0.2, 0.25) is 0 Å². The van der Waals surface area contributed by atoms with Gasteiger partial charge in [0, 0.05) is 18.3 Å². The molecule has 0 aromatic rings. The Hall–Kier alpha value is -1.17. The van der Waals surface area contributed by atoms with E-state index in [-0.39, 0.29) is 53.6 Å². The summed E-state index contributed by atoms with van der Waals surface area (Å²) in [5, 5.41) is 53.5. The summed E-state index contributed by atoms with van der Waals surface area (Å²) in [5.41, 5.74) is 1.92. The van der Waals surface area contributed by atoms with Crippen LogP contribution in [0.5, 0.6) is 0 Å². The van der Waals surface area contributed by atoms with Gasteiger partial charge in [0.15, 0.2) is 5.79 Å². The highest BCUT2D eigenvalue weighted by Gasteiger charge is 2.71. The van der Waals surface area contributed by atoms with Gasteiger partial charge in [0.1, 0.15) is 5.78 Å². The first-order valence-electron chi connectivity index (χ1n) is 31.0. The number of carbonyl (C=O) groups excluding carboxylic acids is 1. The maximum absolute atomic E-state index is 12.4. The molecule has 13 aliphatic rings. The van der Waals surface area contributed by atoms with Crippen molar-refractivity contribution in [3.05, 3.63) is 24.3 Å². The van der Waals surface area contributed by atoms with Gasteiger partial charge in [-0.2, -0.15) is 0 Å². The molecule has 24 atom stereocenters. The van der Waals surface area contributed by atoms with Crippen LogP contribution >= 0.6 is 0 Å². The Morgan fingerprint density at radius 1 is 0.507 bits per heavy atom. The molecule has 12 aliphatic carbocycles. The second-order valence-electron chi connectivity index (χ2n) is 29.5. The topological polar surface area (TPSA) is 170 Å². The van der Waals surface area contributed by atoms with Crippen LogP contribution in [-0.2, 0) is 19.7 Å². The van der Waals surface area contributed by atoms with Crippen molar-refractivity contribution in [2.45, 2.75) is 260 Å². The molecular weight excluding hydrogens is 937 g/mol. The molecule has 430 valence electrons. The number of allylic oxidation sites excluding steroid dienone is 2. The summed E-state index contributed by atoms with van der Waals surface area (Å²) in [5.74, 6) is 8.53. The third-order valence-electron chi connectivity index (χ3n) is 27.2. The minimum atomic E-state index is -0.499. The SMILES string of the molecule is C.C/C=C1\CCC2C3CC[C@@H]4C[C@H](O)CC[C@]4(C)C3C[C@H](O)[C@]12C.C=CC.C[C@@H]1CC[C@]2(C)C3C[C@H](O)[C@@]4(C)C(CCC45OCCO5)C3CC[C@@H]2C1.C[C@]12CC[C@@H](O)C[C@H]1CCC1C2C[C@H](O)[C@]2(C)C(=O)CCC12.[OH3+]. The van der Waals surface area contributed by atoms with Crippen LogP contribution in [0.1, 0.15) is 224 Å². The van der Waals surface area contributed by atoms with E-state index in [0.29, 0.717) is 89.5 Å². The number of carbonyl (C=O) groups is 1. The lowest BCUT2D eigenvalue weighted by molar-refractivity contribution is -0.279. The van der Waals surface area contributed by atoms with Crippen LogP contribution in [0.3, 0.4) is 0 Å². The fourth-order valence-corrected chi connectivity index (χ4v) is 22.8. The zero-order chi connectivity index (χ0) is 52.3. The number of hydrogen-bond acceptors (Lipinski definition) is 8. The van der Waals surface area contributed by atoms with Crippen LogP contribution in [0, 0.1) is 109 Å².